The normalized spacial score (nSPS) is 10.5. The van der Waals surface area contributed by atoms with Crippen LogP contribution in [-0.4, -0.2) is 20.6 Å². The molecule has 0 fully saturated rings. The van der Waals surface area contributed by atoms with E-state index in [2.05, 4.69) is 10.4 Å². The van der Waals surface area contributed by atoms with Gasteiger partial charge in [-0.05, 0) is 41.5 Å². The van der Waals surface area contributed by atoms with Gasteiger partial charge in [0.05, 0.1) is 4.92 Å². The molecule has 0 atom stereocenters. The van der Waals surface area contributed by atoms with Crippen LogP contribution in [0.2, 0.25) is 0 Å². The van der Waals surface area contributed by atoms with Crippen molar-refractivity contribution in [3.05, 3.63) is 107 Å². The minimum absolute atomic E-state index is 0.0452. The van der Waals surface area contributed by atoms with E-state index in [1.165, 1.54) is 28.9 Å². The van der Waals surface area contributed by atoms with E-state index < -0.39 is 10.8 Å². The van der Waals surface area contributed by atoms with Crippen LogP contribution in [0, 0.1) is 10.1 Å². The maximum atomic E-state index is 12.3. The second-order valence-electron chi connectivity index (χ2n) is 6.66. The van der Waals surface area contributed by atoms with Gasteiger partial charge >= 0.3 is 0 Å². The molecule has 1 amide bonds. The zero-order valence-electron chi connectivity index (χ0n) is 16.3. The Morgan fingerprint density at radius 2 is 1.61 bits per heavy atom. The van der Waals surface area contributed by atoms with Gasteiger partial charge in [0.1, 0.15) is 5.75 Å². The monoisotopic (exact) mass is 414 g/mol. The van der Waals surface area contributed by atoms with Gasteiger partial charge in [-0.15, -0.1) is 0 Å². The highest BCUT2D eigenvalue weighted by atomic mass is 16.6. The first-order valence-electron chi connectivity index (χ1n) is 9.46. The molecule has 0 aliphatic rings. The maximum absolute atomic E-state index is 12.3. The highest BCUT2D eigenvalue weighted by Crippen LogP contribution is 2.22. The molecular weight excluding hydrogens is 396 g/mol. The first-order chi connectivity index (χ1) is 15.1. The van der Waals surface area contributed by atoms with Crippen LogP contribution in [0.25, 0.3) is 11.1 Å². The van der Waals surface area contributed by atoms with Crippen molar-refractivity contribution in [1.29, 1.82) is 0 Å². The molecule has 1 heterocycles. The Balaban J connectivity index is 1.33. The summed E-state index contributed by atoms with van der Waals surface area (Å²) >= 11 is 0. The zero-order valence-corrected chi connectivity index (χ0v) is 16.3. The van der Waals surface area contributed by atoms with Crippen LogP contribution in [0.3, 0.4) is 0 Å². The van der Waals surface area contributed by atoms with Crippen LogP contribution in [-0.2, 0) is 6.73 Å². The second-order valence-corrected chi connectivity index (χ2v) is 6.66. The van der Waals surface area contributed by atoms with E-state index >= 15 is 0 Å². The standard InChI is InChI=1S/C23H18N4O4/c28-23(24-19-8-10-20(11-9-19)27(29)30)22-14-15-26(25-22)16-31-21-12-6-18(7-13-21)17-4-2-1-3-5-17/h1-15H,16H2,(H,24,28). The quantitative estimate of drug-likeness (QED) is 0.348. The van der Waals surface area contributed by atoms with Gasteiger partial charge in [0, 0.05) is 24.0 Å². The summed E-state index contributed by atoms with van der Waals surface area (Å²) in [5, 5.41) is 17.6. The van der Waals surface area contributed by atoms with Gasteiger partial charge in [0.25, 0.3) is 11.6 Å². The number of carbonyl (C=O) groups is 1. The minimum atomic E-state index is -0.498. The van der Waals surface area contributed by atoms with Crippen LogP contribution >= 0.6 is 0 Å². The van der Waals surface area contributed by atoms with Crippen molar-refractivity contribution in [2.75, 3.05) is 5.32 Å². The van der Waals surface area contributed by atoms with Crippen LogP contribution < -0.4 is 10.1 Å². The molecule has 0 saturated carbocycles. The predicted molar refractivity (Wildman–Crippen MR) is 116 cm³/mol. The summed E-state index contributed by atoms with van der Waals surface area (Å²) in [5.74, 6) is 0.270. The number of nitrogens with zero attached hydrogens (tertiary/aromatic N) is 3. The number of amides is 1. The Hall–Kier alpha value is -4.46. The summed E-state index contributed by atoms with van der Waals surface area (Å²) < 4.78 is 7.24. The smallest absolute Gasteiger partial charge is 0.276 e. The van der Waals surface area contributed by atoms with E-state index in [1.807, 2.05) is 54.6 Å². The summed E-state index contributed by atoms with van der Waals surface area (Å²) in [4.78, 5) is 22.5. The van der Waals surface area contributed by atoms with Crippen LogP contribution in [0.15, 0.2) is 91.1 Å². The molecule has 1 N–H and O–H groups in total. The Labute approximate surface area is 177 Å². The second kappa shape index (κ2) is 8.91. The molecule has 0 aliphatic heterocycles. The highest BCUT2D eigenvalue weighted by molar-refractivity contribution is 6.02. The Morgan fingerprint density at radius 1 is 0.935 bits per heavy atom. The molecule has 31 heavy (non-hydrogen) atoms. The van der Waals surface area contributed by atoms with Crippen LogP contribution in [0.1, 0.15) is 10.5 Å². The minimum Gasteiger partial charge on any atom is -0.471 e. The number of hydrogen-bond donors (Lipinski definition) is 1. The SMILES string of the molecule is O=C(Nc1ccc([N+](=O)[O-])cc1)c1ccn(COc2ccc(-c3ccccc3)cc2)n1. The summed E-state index contributed by atoms with van der Waals surface area (Å²) in [6.45, 7) is 0.148. The maximum Gasteiger partial charge on any atom is 0.276 e. The number of nitro groups is 1. The van der Waals surface area contributed by atoms with Gasteiger partial charge in [0.15, 0.2) is 12.4 Å². The molecular formula is C23H18N4O4. The van der Waals surface area contributed by atoms with Crippen LogP contribution in [0.5, 0.6) is 5.75 Å². The third kappa shape index (κ3) is 4.94. The summed E-state index contributed by atoms with van der Waals surface area (Å²) in [7, 11) is 0. The fourth-order valence-electron chi connectivity index (χ4n) is 2.93. The molecule has 1 aromatic heterocycles. The average Bonchev–Trinajstić information content (AvgIpc) is 3.28. The van der Waals surface area contributed by atoms with Crippen molar-refractivity contribution in [2.24, 2.45) is 0 Å². The number of benzene rings is 3. The molecule has 0 saturated heterocycles. The van der Waals surface area contributed by atoms with Crippen molar-refractivity contribution in [3.63, 3.8) is 0 Å². The molecule has 154 valence electrons. The number of ether oxygens (including phenoxy) is 1. The molecule has 0 spiro atoms. The lowest BCUT2D eigenvalue weighted by Gasteiger charge is -2.07. The number of non-ortho nitro benzene ring substituents is 1. The Bertz CT molecular complexity index is 1190. The average molecular weight is 414 g/mol. The summed E-state index contributed by atoms with van der Waals surface area (Å²) in [6, 6.07) is 24.9. The molecule has 0 unspecified atom stereocenters. The fraction of sp³-hybridized carbons (Fsp3) is 0.0435. The van der Waals surface area contributed by atoms with Crippen molar-refractivity contribution in [3.8, 4) is 16.9 Å². The zero-order chi connectivity index (χ0) is 21.6. The number of carbonyl (C=O) groups excluding carboxylic acids is 1. The lowest BCUT2D eigenvalue weighted by molar-refractivity contribution is -0.384. The summed E-state index contributed by atoms with van der Waals surface area (Å²) in [5.41, 5.74) is 2.83. The summed E-state index contributed by atoms with van der Waals surface area (Å²) in [6.07, 6.45) is 1.64. The lowest BCUT2D eigenvalue weighted by atomic mass is 10.1. The molecule has 8 nitrogen and oxygen atoms in total. The molecule has 0 radical (unpaired) electrons. The van der Waals surface area contributed by atoms with Crippen molar-refractivity contribution in [2.45, 2.75) is 6.73 Å². The largest absolute Gasteiger partial charge is 0.471 e. The molecule has 3 aromatic carbocycles. The fourth-order valence-corrected chi connectivity index (χ4v) is 2.93. The molecule has 0 aliphatic carbocycles. The highest BCUT2D eigenvalue weighted by Gasteiger charge is 2.11. The molecule has 0 bridgehead atoms. The molecule has 8 heteroatoms. The van der Waals surface area contributed by atoms with E-state index in [9.17, 15) is 14.9 Å². The topological polar surface area (TPSA) is 99.3 Å². The van der Waals surface area contributed by atoms with Gasteiger partial charge in [0.2, 0.25) is 0 Å². The Kier molecular flexibility index (Phi) is 5.70. The van der Waals surface area contributed by atoms with Crippen molar-refractivity contribution in [1.82, 2.24) is 9.78 Å². The number of rotatable bonds is 7. The van der Waals surface area contributed by atoms with E-state index in [0.29, 0.717) is 11.4 Å². The number of nitro benzene ring substituents is 1. The third-order valence-corrected chi connectivity index (χ3v) is 4.53. The molecule has 4 rings (SSSR count). The van der Waals surface area contributed by atoms with Crippen LogP contribution in [0.4, 0.5) is 11.4 Å². The van der Waals surface area contributed by atoms with Gasteiger partial charge in [-0.2, -0.15) is 5.10 Å². The third-order valence-electron chi connectivity index (χ3n) is 4.53. The first kappa shape index (κ1) is 19.8. The number of aromatic nitrogens is 2. The number of anilines is 1. The lowest BCUT2D eigenvalue weighted by Crippen LogP contribution is -2.14. The van der Waals surface area contributed by atoms with E-state index in [0.717, 1.165) is 11.1 Å². The number of nitrogens with one attached hydrogen (secondary N) is 1. The Morgan fingerprint density at radius 3 is 2.29 bits per heavy atom. The van der Waals surface area contributed by atoms with Gasteiger partial charge in [-0.1, -0.05) is 42.5 Å². The molecule has 4 aromatic rings. The predicted octanol–water partition coefficient (Wildman–Crippen LogP) is 4.75. The van der Waals surface area contributed by atoms with Gasteiger partial charge in [-0.3, -0.25) is 14.9 Å². The van der Waals surface area contributed by atoms with Crippen molar-refractivity contribution < 1.29 is 14.5 Å². The van der Waals surface area contributed by atoms with E-state index in [4.69, 9.17) is 4.74 Å². The van der Waals surface area contributed by atoms with Gasteiger partial charge < -0.3 is 10.1 Å². The first-order valence-corrected chi connectivity index (χ1v) is 9.46. The van der Waals surface area contributed by atoms with Crippen molar-refractivity contribution >= 4 is 17.3 Å². The van der Waals surface area contributed by atoms with E-state index in [-0.39, 0.29) is 18.1 Å². The number of hydrogen-bond acceptors (Lipinski definition) is 5. The van der Waals surface area contributed by atoms with E-state index in [1.54, 1.807) is 12.3 Å². The van der Waals surface area contributed by atoms with Gasteiger partial charge in [-0.25, -0.2) is 4.68 Å².